The second kappa shape index (κ2) is 27.8. The lowest BCUT2D eigenvalue weighted by Crippen LogP contribution is -2.65. The van der Waals surface area contributed by atoms with Crippen molar-refractivity contribution >= 4 is 35.4 Å². The molecule has 4 aliphatic heterocycles. The van der Waals surface area contributed by atoms with Gasteiger partial charge in [0.2, 0.25) is 5.79 Å². The number of nitrogens with zero attached hydrogens (tertiary/aromatic N) is 1. The van der Waals surface area contributed by atoms with E-state index in [4.69, 9.17) is 37.9 Å². The molecule has 0 aromatic rings. The number of aliphatic hydroxyl groups is 2. The highest BCUT2D eigenvalue weighted by Gasteiger charge is 2.57. The minimum Gasteiger partial charge on any atom is -0.460 e. The summed E-state index contributed by atoms with van der Waals surface area (Å²) >= 11 is 0. The molecular formula is C55H81NO16. The number of rotatable bonds is 11. The fourth-order valence-corrected chi connectivity index (χ4v) is 11.3. The molecule has 1 saturated carbocycles. The van der Waals surface area contributed by atoms with Crippen LogP contribution in [0, 0.1) is 35.5 Å². The summed E-state index contributed by atoms with van der Waals surface area (Å²) in [5.74, 6) is -7.96. The van der Waals surface area contributed by atoms with Crippen LogP contribution in [0.25, 0.3) is 0 Å². The minimum absolute atomic E-state index is 0.0116. The van der Waals surface area contributed by atoms with Crippen molar-refractivity contribution in [2.75, 3.05) is 47.7 Å². The molecule has 402 valence electrons. The first-order valence-corrected chi connectivity index (χ1v) is 25.8. The van der Waals surface area contributed by atoms with E-state index in [1.165, 1.54) is 18.1 Å². The summed E-state index contributed by atoms with van der Waals surface area (Å²) < 4.78 is 45.8. The van der Waals surface area contributed by atoms with Crippen LogP contribution in [-0.4, -0.2) is 153 Å². The van der Waals surface area contributed by atoms with Crippen LogP contribution in [0.15, 0.2) is 60.3 Å². The van der Waals surface area contributed by atoms with Gasteiger partial charge in [-0.2, -0.15) is 0 Å². The smallest absolute Gasteiger partial charge is 0.460 e. The maximum Gasteiger partial charge on any atom is 0.508 e. The zero-order valence-corrected chi connectivity index (χ0v) is 43.7. The monoisotopic (exact) mass is 1010 g/mol. The average Bonchev–Trinajstić information content (AvgIpc) is 3.36. The van der Waals surface area contributed by atoms with Gasteiger partial charge >= 0.3 is 12.1 Å². The first-order valence-electron chi connectivity index (χ1n) is 25.8. The number of ketones is 3. The van der Waals surface area contributed by atoms with E-state index in [9.17, 15) is 39.0 Å². The maximum absolute atomic E-state index is 14.6. The predicted octanol–water partition coefficient (Wildman–Crippen LogP) is 6.52. The number of methoxy groups -OCH3 is 3. The van der Waals surface area contributed by atoms with Crippen molar-refractivity contribution in [2.45, 2.75) is 166 Å². The molecule has 0 aromatic carbocycles. The largest absolute Gasteiger partial charge is 0.508 e. The van der Waals surface area contributed by atoms with Gasteiger partial charge in [0.05, 0.1) is 31.0 Å². The minimum atomic E-state index is -2.46. The fourth-order valence-electron chi connectivity index (χ4n) is 11.3. The molecule has 0 radical (unpaired) electrons. The molecule has 15 atom stereocenters. The molecule has 5 rings (SSSR count). The molecular weight excluding hydrogens is 931 g/mol. The van der Waals surface area contributed by atoms with E-state index >= 15 is 0 Å². The lowest BCUT2D eigenvalue weighted by Gasteiger charge is -2.50. The topological polar surface area (TPSA) is 220 Å². The van der Waals surface area contributed by atoms with E-state index < -0.39 is 89.8 Å². The fraction of sp³-hybridized carbons (Fsp3) is 0.709. The number of piperidine rings is 1. The lowest BCUT2D eigenvalue weighted by molar-refractivity contribution is -0.266. The van der Waals surface area contributed by atoms with Crippen molar-refractivity contribution in [1.29, 1.82) is 0 Å². The lowest BCUT2D eigenvalue weighted by atomic mass is 9.68. The SMILES string of the molecule is C=CCOC(=O)OCCO[C@@H]1CC[C@@H](C[C@H]2C3CCCN4C(=O)C(=O)[C@]5(O)O[C@@H](CC[C@H]5C)C[C@H](OC)/C(C)=C/C=C/C=C/[C@@H](C)C[C@@H](C)C(=O)[C@H](OC)[C@H](O)/C(C)=C/CC(=O)C[C@@H]2OC(=O)[C@H]34)C[C@H]1OC. The van der Waals surface area contributed by atoms with Gasteiger partial charge in [0.15, 0.2) is 5.78 Å². The van der Waals surface area contributed by atoms with Gasteiger partial charge in [-0.05, 0) is 101 Å². The van der Waals surface area contributed by atoms with Gasteiger partial charge in [-0.1, -0.05) is 69.9 Å². The van der Waals surface area contributed by atoms with Crippen LogP contribution in [0.3, 0.4) is 0 Å². The third-order valence-corrected chi connectivity index (χ3v) is 15.5. The normalized spacial score (nSPS) is 38.4. The van der Waals surface area contributed by atoms with Gasteiger partial charge in [-0.15, -0.1) is 0 Å². The number of amides is 1. The number of allylic oxidation sites excluding steroid dienone is 6. The highest BCUT2D eigenvalue weighted by Crippen LogP contribution is 2.45. The molecule has 4 bridgehead atoms. The van der Waals surface area contributed by atoms with E-state index in [2.05, 4.69) is 6.58 Å². The highest BCUT2D eigenvalue weighted by molar-refractivity contribution is 6.39. The summed E-state index contributed by atoms with van der Waals surface area (Å²) in [5.41, 5.74) is 1.25. The summed E-state index contributed by atoms with van der Waals surface area (Å²) in [6.45, 7) is 12.8. The quantitative estimate of drug-likeness (QED) is 0.0974. The van der Waals surface area contributed by atoms with E-state index in [-0.39, 0.29) is 74.8 Å². The maximum atomic E-state index is 14.6. The predicted molar refractivity (Wildman–Crippen MR) is 265 cm³/mol. The zero-order valence-electron chi connectivity index (χ0n) is 43.7. The van der Waals surface area contributed by atoms with E-state index in [1.807, 2.05) is 51.2 Å². The van der Waals surface area contributed by atoms with Gasteiger partial charge in [0.1, 0.15) is 43.4 Å². The molecule has 0 aromatic heterocycles. The third-order valence-electron chi connectivity index (χ3n) is 15.5. The Balaban J connectivity index is 1.44. The van der Waals surface area contributed by atoms with Gasteiger partial charge in [-0.25, -0.2) is 9.59 Å². The number of Topliss-reactive ketones (excluding diaryl/α,β-unsaturated/α-hetero) is 3. The number of ether oxygens (including phenoxy) is 8. The van der Waals surface area contributed by atoms with Crippen molar-refractivity contribution in [3.05, 3.63) is 60.3 Å². The Morgan fingerprint density at radius 1 is 0.889 bits per heavy atom. The summed E-state index contributed by atoms with van der Waals surface area (Å²) in [6, 6.07) is -1.16. The molecule has 17 heteroatoms. The molecule has 3 saturated heterocycles. The molecule has 72 heavy (non-hydrogen) atoms. The van der Waals surface area contributed by atoms with Crippen LogP contribution in [-0.2, 0) is 61.9 Å². The molecule has 0 spiro atoms. The Labute approximate surface area is 425 Å². The van der Waals surface area contributed by atoms with Crippen molar-refractivity contribution in [3.63, 3.8) is 0 Å². The van der Waals surface area contributed by atoms with Crippen LogP contribution in [0.1, 0.15) is 112 Å². The molecule has 1 amide bonds. The summed E-state index contributed by atoms with van der Waals surface area (Å²) in [6.07, 6.45) is 11.5. The molecule has 4 fully saturated rings. The van der Waals surface area contributed by atoms with Gasteiger partial charge in [-0.3, -0.25) is 19.2 Å². The average molecular weight is 1010 g/mol. The van der Waals surface area contributed by atoms with E-state index in [0.717, 1.165) is 5.57 Å². The van der Waals surface area contributed by atoms with Crippen LogP contribution in [0.2, 0.25) is 0 Å². The van der Waals surface area contributed by atoms with Crippen molar-refractivity contribution in [3.8, 4) is 0 Å². The van der Waals surface area contributed by atoms with Crippen LogP contribution in [0.4, 0.5) is 4.79 Å². The second-order valence-corrected chi connectivity index (χ2v) is 20.6. The molecule has 5 aliphatic rings. The van der Waals surface area contributed by atoms with Crippen molar-refractivity contribution < 1.29 is 76.9 Å². The number of fused-ring (bicyclic) bond motifs is 4. The molecule has 4 heterocycles. The summed E-state index contributed by atoms with van der Waals surface area (Å²) in [5, 5.41) is 23.5. The number of hydrogen-bond donors (Lipinski definition) is 2. The van der Waals surface area contributed by atoms with Crippen molar-refractivity contribution in [2.24, 2.45) is 35.5 Å². The molecule has 1 unspecified atom stereocenters. The van der Waals surface area contributed by atoms with Crippen LogP contribution in [0.5, 0.6) is 0 Å². The number of carbonyl (C=O) groups is 6. The van der Waals surface area contributed by atoms with Crippen molar-refractivity contribution in [1.82, 2.24) is 4.90 Å². The standard InChI is InChI=1S/C55H81NO16/c1-10-25-69-54(63)70-27-26-68-43-23-20-38(30-46(43)66-8)29-42-41-17-14-24-56-47(41)53(62)71-45(42)31-39(57)21-18-35(4)48(58)50(67-9)49(59)36(5)28-33(2)15-12-11-13-16-34(3)44(65-7)32-40-22-19-37(6)55(64,72-40)51(60)52(56)61/h10-13,15-16,18,33,36-38,40-48,50,58,64H,1,14,17,19-32H2,2-9H3/b13-11+,15-12+,34-16+,35-18+/t33-,36-,37-,38+,40+,41?,42+,43-,44+,45+,46-,47+,48-,50-,55-/m1/s1. The van der Waals surface area contributed by atoms with E-state index in [1.54, 1.807) is 34.1 Å². The number of aliphatic hydroxyl groups excluding tert-OH is 1. The van der Waals surface area contributed by atoms with Gasteiger partial charge < -0.3 is 53.0 Å². The second-order valence-electron chi connectivity index (χ2n) is 20.6. The van der Waals surface area contributed by atoms with Crippen LogP contribution >= 0.6 is 0 Å². The van der Waals surface area contributed by atoms with E-state index in [0.29, 0.717) is 69.8 Å². The van der Waals surface area contributed by atoms with Gasteiger partial charge in [0, 0.05) is 64.9 Å². The van der Waals surface area contributed by atoms with Gasteiger partial charge in [0.25, 0.3) is 11.7 Å². The Morgan fingerprint density at radius 3 is 2.36 bits per heavy atom. The third kappa shape index (κ3) is 15.1. The molecule has 2 N–H and O–H groups in total. The summed E-state index contributed by atoms with van der Waals surface area (Å²) in [4.78, 5) is 84.0. The number of esters is 1. The number of hydrogen-bond acceptors (Lipinski definition) is 16. The molecule has 17 nitrogen and oxygen atoms in total. The summed E-state index contributed by atoms with van der Waals surface area (Å²) in [7, 11) is 4.55. The molecule has 1 aliphatic carbocycles. The Kier molecular flexibility index (Phi) is 22.6. The number of carbonyl (C=O) groups excluding carboxylic acids is 6. The van der Waals surface area contributed by atoms with Crippen LogP contribution < -0.4 is 0 Å². The highest BCUT2D eigenvalue weighted by atomic mass is 16.7. The zero-order chi connectivity index (χ0) is 52.7. The first-order chi connectivity index (χ1) is 34.4. The Bertz CT molecular complexity index is 2010. The Hall–Kier alpha value is -4.36. The Morgan fingerprint density at radius 2 is 1.65 bits per heavy atom. The first kappa shape index (κ1) is 58.5.